The van der Waals surface area contributed by atoms with Gasteiger partial charge in [-0.05, 0) is 169 Å². The quantitative estimate of drug-likeness (QED) is 0.133. The van der Waals surface area contributed by atoms with Crippen LogP contribution in [-0.2, 0) is 0 Å². The van der Waals surface area contributed by atoms with Crippen LogP contribution in [0, 0.1) is 57.5 Å². The molecule has 0 amide bonds. The molecule has 0 fully saturated rings. The molecule has 58 heavy (non-hydrogen) atoms. The zero-order chi connectivity index (χ0) is 41.3. The van der Waals surface area contributed by atoms with Gasteiger partial charge in [0.15, 0.2) is 11.1 Å². The van der Waals surface area contributed by atoms with Gasteiger partial charge in [-0.15, -0.1) is 0 Å². The summed E-state index contributed by atoms with van der Waals surface area (Å²) in [6.45, 7) is 15.6. The first kappa shape index (κ1) is 39.3. The first-order valence-corrected chi connectivity index (χ1v) is 19.3. The maximum absolute atomic E-state index is 12.9. The van der Waals surface area contributed by atoms with Gasteiger partial charge in [-0.1, -0.05) is 69.4 Å². The fourth-order valence-corrected chi connectivity index (χ4v) is 6.18. The van der Waals surface area contributed by atoms with E-state index in [1.807, 2.05) is 177 Å². The normalized spacial score (nSPS) is 16.6. The highest BCUT2D eigenvalue weighted by Crippen LogP contribution is 2.38. The summed E-state index contributed by atoms with van der Waals surface area (Å²) in [7, 11) is 0. The second-order valence-electron chi connectivity index (χ2n) is 16.6. The van der Waals surface area contributed by atoms with E-state index in [2.05, 4.69) is 47.4 Å². The molecule has 0 saturated carbocycles. The van der Waals surface area contributed by atoms with Gasteiger partial charge in [0, 0.05) is 55.6 Å². The van der Waals surface area contributed by atoms with Crippen molar-refractivity contribution in [2.75, 3.05) is 0 Å². The summed E-state index contributed by atoms with van der Waals surface area (Å²) in [6, 6.07) is 38.9. The molecule has 0 unspecified atom stereocenters. The number of benzene rings is 5. The minimum absolute atomic E-state index is 0.460. The number of amidine groups is 2. The number of aliphatic imine (C=N–C) groups is 2. The number of hydrogen-bond acceptors (Lipinski definition) is 5. The highest BCUT2D eigenvalue weighted by molar-refractivity contribution is 6.01. The SMILES string of the molecule is CC1(C)N=C(c2ccc(C#Cc3ccc(C#Cc4ccc(C#Cc5ccc(C#Cc6ccc(C7=NC(C)(C)C(C)(C)[N+]7=O)cc6)cc5)cc4)cc3)cc2)N([O-])C1(C)C. The molecule has 5 aromatic carbocycles. The molecule has 2 aliphatic rings. The van der Waals surface area contributed by atoms with Crippen molar-refractivity contribution in [3.8, 4) is 47.4 Å². The lowest BCUT2D eigenvalue weighted by atomic mass is 9.84. The van der Waals surface area contributed by atoms with Crippen molar-refractivity contribution < 1.29 is 4.76 Å². The third-order valence-corrected chi connectivity index (χ3v) is 11.5. The van der Waals surface area contributed by atoms with Crippen molar-refractivity contribution >= 4 is 11.7 Å². The van der Waals surface area contributed by atoms with Crippen LogP contribution in [0.25, 0.3) is 0 Å². The summed E-state index contributed by atoms with van der Waals surface area (Å²) in [4.78, 5) is 22.3. The Hall–Kier alpha value is -6.96. The summed E-state index contributed by atoms with van der Waals surface area (Å²) in [6.07, 6.45) is 0. The van der Waals surface area contributed by atoms with Gasteiger partial charge in [-0.2, -0.15) is 0 Å². The maximum atomic E-state index is 12.9. The van der Waals surface area contributed by atoms with E-state index in [0.717, 1.165) is 65.5 Å². The minimum Gasteiger partial charge on any atom is -0.757 e. The van der Waals surface area contributed by atoms with E-state index >= 15 is 0 Å². The first-order chi connectivity index (χ1) is 27.5. The Morgan fingerprint density at radius 3 is 0.948 bits per heavy atom. The van der Waals surface area contributed by atoms with Crippen molar-refractivity contribution in [3.63, 3.8) is 0 Å². The number of nitroso groups, excluding NO2 is 1. The number of hydrogen-bond donors (Lipinski definition) is 0. The molecule has 6 nitrogen and oxygen atoms in total. The number of rotatable bonds is 2. The van der Waals surface area contributed by atoms with Crippen molar-refractivity contribution in [3.05, 3.63) is 187 Å². The van der Waals surface area contributed by atoms with Gasteiger partial charge < -0.3 is 10.3 Å². The second kappa shape index (κ2) is 15.2. The van der Waals surface area contributed by atoms with Crippen LogP contribution in [0.5, 0.6) is 0 Å². The predicted octanol–water partition coefficient (Wildman–Crippen LogP) is 9.50. The topological polar surface area (TPSA) is 71.1 Å². The lowest BCUT2D eigenvalue weighted by molar-refractivity contribution is -0.514. The monoisotopic (exact) mass is 756 g/mol. The van der Waals surface area contributed by atoms with E-state index in [1.165, 1.54) is 0 Å². The molecule has 0 N–H and O–H groups in total. The Balaban J connectivity index is 0.916. The largest absolute Gasteiger partial charge is 0.757 e. The van der Waals surface area contributed by atoms with Crippen LogP contribution < -0.4 is 0 Å². The Morgan fingerprint density at radius 2 is 0.707 bits per heavy atom. The number of hydroxylamine groups is 2. The molecule has 6 heteroatoms. The number of nitrogens with zero attached hydrogens (tertiary/aromatic N) is 4. The van der Waals surface area contributed by atoms with Crippen LogP contribution >= 0.6 is 0 Å². The minimum atomic E-state index is -0.615. The van der Waals surface area contributed by atoms with Crippen molar-refractivity contribution in [1.82, 2.24) is 5.06 Å². The van der Waals surface area contributed by atoms with Crippen LogP contribution in [0.4, 0.5) is 0 Å². The molecular formula is C52H44N4O2. The van der Waals surface area contributed by atoms with E-state index in [9.17, 15) is 10.1 Å². The first-order valence-electron chi connectivity index (χ1n) is 19.3. The van der Waals surface area contributed by atoms with Gasteiger partial charge in [-0.25, -0.2) is 0 Å². The summed E-state index contributed by atoms with van der Waals surface area (Å²) >= 11 is 0. The highest BCUT2D eigenvalue weighted by atomic mass is 16.5. The average molecular weight is 757 g/mol. The standard InChI is InChI=1S/C52H44N4O2/c1-49(2)51(5,6)55(57)47(53-49)45-33-29-43(30-34-45)27-25-41-21-17-39(18-22-41)15-13-37-9-11-38(12-10-37)14-16-40-19-23-42(24-20-40)26-28-44-31-35-46(36-32-44)48-54-50(3,4)52(7,8)56(48)58/h9-12,17-24,29-36H,1-8H3. The third kappa shape index (κ3) is 7.99. The van der Waals surface area contributed by atoms with E-state index in [4.69, 9.17) is 9.98 Å². The fourth-order valence-electron chi connectivity index (χ4n) is 6.18. The van der Waals surface area contributed by atoms with Crippen molar-refractivity contribution in [2.24, 2.45) is 9.98 Å². The Bertz CT molecular complexity index is 2720. The predicted molar refractivity (Wildman–Crippen MR) is 234 cm³/mol. The van der Waals surface area contributed by atoms with E-state index < -0.39 is 22.2 Å². The van der Waals surface area contributed by atoms with Gasteiger partial charge in [0.1, 0.15) is 5.84 Å². The molecular weight excluding hydrogens is 713 g/mol. The maximum Gasteiger partial charge on any atom is 0.364 e. The van der Waals surface area contributed by atoms with Gasteiger partial charge in [0.2, 0.25) is 0 Å². The van der Waals surface area contributed by atoms with Gasteiger partial charge in [0.05, 0.1) is 11.1 Å². The Kier molecular flexibility index (Phi) is 10.3. The zero-order valence-electron chi connectivity index (χ0n) is 34.2. The second-order valence-corrected chi connectivity index (χ2v) is 16.6. The van der Waals surface area contributed by atoms with Crippen LogP contribution in [-0.4, -0.2) is 43.7 Å². The van der Waals surface area contributed by atoms with Crippen LogP contribution in [0.1, 0.15) is 111 Å². The summed E-state index contributed by atoms with van der Waals surface area (Å²) in [5.74, 6) is 26.7. The third-order valence-electron chi connectivity index (χ3n) is 11.5. The lowest BCUT2D eigenvalue weighted by Crippen LogP contribution is -2.50. The van der Waals surface area contributed by atoms with Gasteiger partial charge >= 0.3 is 5.84 Å². The van der Waals surface area contributed by atoms with Crippen molar-refractivity contribution in [1.29, 1.82) is 0 Å². The summed E-state index contributed by atoms with van der Waals surface area (Å²) in [5, 5.41) is 13.9. The van der Waals surface area contributed by atoms with E-state index in [0.29, 0.717) is 11.7 Å². The van der Waals surface area contributed by atoms with Crippen LogP contribution in [0.3, 0.4) is 0 Å². The molecule has 2 heterocycles. The summed E-state index contributed by atoms with van der Waals surface area (Å²) < 4.78 is 1.02. The molecule has 0 bridgehead atoms. The molecule has 0 spiro atoms. The smallest absolute Gasteiger partial charge is 0.364 e. The molecule has 7 rings (SSSR count). The van der Waals surface area contributed by atoms with Crippen LogP contribution in [0.2, 0.25) is 0 Å². The Labute approximate surface area is 342 Å². The molecule has 0 radical (unpaired) electrons. The van der Waals surface area contributed by atoms with Gasteiger partial charge in [-0.3, -0.25) is 4.99 Å². The molecule has 5 aromatic rings. The van der Waals surface area contributed by atoms with Gasteiger partial charge in [0.25, 0.3) is 0 Å². The Morgan fingerprint density at radius 1 is 0.431 bits per heavy atom. The zero-order valence-corrected chi connectivity index (χ0v) is 34.2. The molecule has 0 saturated heterocycles. The molecule has 284 valence electrons. The average Bonchev–Trinajstić information content (AvgIpc) is 3.49. The van der Waals surface area contributed by atoms with Crippen LogP contribution in [0.15, 0.2) is 131 Å². The molecule has 0 aromatic heterocycles. The molecule has 0 aliphatic carbocycles. The highest BCUT2D eigenvalue weighted by Gasteiger charge is 2.59. The lowest BCUT2D eigenvalue weighted by Gasteiger charge is -2.45. The molecule has 2 aliphatic heterocycles. The fraction of sp³-hybridized carbons (Fsp3) is 0.231. The summed E-state index contributed by atoms with van der Waals surface area (Å²) in [5.41, 5.74) is 6.50. The van der Waals surface area contributed by atoms with E-state index in [-0.39, 0.29) is 0 Å². The van der Waals surface area contributed by atoms with Crippen molar-refractivity contribution in [2.45, 2.75) is 77.5 Å². The van der Waals surface area contributed by atoms with E-state index in [1.54, 1.807) is 0 Å². The molecule has 0 atom stereocenters.